The van der Waals surface area contributed by atoms with E-state index in [4.69, 9.17) is 5.73 Å². The lowest BCUT2D eigenvalue weighted by atomic mass is 10.2. The van der Waals surface area contributed by atoms with Crippen LogP contribution in [0.2, 0.25) is 0 Å². The van der Waals surface area contributed by atoms with Gasteiger partial charge in [0, 0.05) is 25.7 Å². The maximum atomic E-state index is 13.0. The number of nitrogens with zero attached hydrogens (tertiary/aromatic N) is 1. The standard InChI is InChI=1S/C11H14BrFN2/c12-10-5-8(1-2-11(10)13)6-15-4-3-9(14)7-15/h1-2,5,9H,3-4,6-7,14H2/t9-/m1/s1. The molecule has 1 aliphatic rings. The summed E-state index contributed by atoms with van der Waals surface area (Å²) in [6.45, 7) is 2.83. The molecule has 0 spiro atoms. The van der Waals surface area contributed by atoms with Crippen LogP contribution in [0.4, 0.5) is 4.39 Å². The molecule has 1 aliphatic heterocycles. The van der Waals surface area contributed by atoms with E-state index in [-0.39, 0.29) is 5.82 Å². The Morgan fingerprint density at radius 1 is 1.53 bits per heavy atom. The molecule has 1 saturated heterocycles. The highest BCUT2D eigenvalue weighted by atomic mass is 79.9. The summed E-state index contributed by atoms with van der Waals surface area (Å²) in [7, 11) is 0. The van der Waals surface area contributed by atoms with E-state index >= 15 is 0 Å². The van der Waals surface area contributed by atoms with Crippen molar-refractivity contribution in [3.05, 3.63) is 34.1 Å². The van der Waals surface area contributed by atoms with Crippen LogP contribution in [0.25, 0.3) is 0 Å². The van der Waals surface area contributed by atoms with Gasteiger partial charge in [0.2, 0.25) is 0 Å². The van der Waals surface area contributed by atoms with Gasteiger partial charge in [-0.25, -0.2) is 4.39 Å². The van der Waals surface area contributed by atoms with Crippen LogP contribution in [0.3, 0.4) is 0 Å². The number of halogens is 2. The van der Waals surface area contributed by atoms with Gasteiger partial charge in [-0.05, 0) is 40.0 Å². The summed E-state index contributed by atoms with van der Waals surface area (Å²) in [6, 6.07) is 5.45. The minimum atomic E-state index is -0.211. The Hall–Kier alpha value is -0.450. The van der Waals surface area contributed by atoms with Crippen molar-refractivity contribution in [2.24, 2.45) is 5.73 Å². The van der Waals surface area contributed by atoms with Crippen molar-refractivity contribution in [1.29, 1.82) is 0 Å². The summed E-state index contributed by atoms with van der Waals surface area (Å²) in [5.74, 6) is -0.211. The van der Waals surface area contributed by atoms with Crippen molar-refractivity contribution in [3.8, 4) is 0 Å². The quantitative estimate of drug-likeness (QED) is 0.894. The molecule has 2 rings (SSSR count). The Morgan fingerprint density at radius 2 is 2.33 bits per heavy atom. The van der Waals surface area contributed by atoms with Gasteiger partial charge < -0.3 is 5.73 Å². The molecule has 4 heteroatoms. The highest BCUT2D eigenvalue weighted by Gasteiger charge is 2.18. The van der Waals surface area contributed by atoms with E-state index < -0.39 is 0 Å². The molecule has 2 N–H and O–H groups in total. The Labute approximate surface area is 97.4 Å². The molecule has 82 valence electrons. The zero-order valence-electron chi connectivity index (χ0n) is 8.42. The fraction of sp³-hybridized carbons (Fsp3) is 0.455. The summed E-state index contributed by atoms with van der Waals surface area (Å²) >= 11 is 3.19. The lowest BCUT2D eigenvalue weighted by Gasteiger charge is -2.15. The molecular formula is C11H14BrFN2. The molecule has 0 amide bonds. The zero-order valence-corrected chi connectivity index (χ0v) is 10.0. The zero-order chi connectivity index (χ0) is 10.8. The van der Waals surface area contributed by atoms with Crippen molar-refractivity contribution in [2.75, 3.05) is 13.1 Å². The maximum Gasteiger partial charge on any atom is 0.137 e. The predicted molar refractivity (Wildman–Crippen MR) is 62.0 cm³/mol. The van der Waals surface area contributed by atoms with Gasteiger partial charge in [-0.3, -0.25) is 4.90 Å². The monoisotopic (exact) mass is 272 g/mol. The maximum absolute atomic E-state index is 13.0. The first kappa shape index (κ1) is 11.0. The topological polar surface area (TPSA) is 29.3 Å². The largest absolute Gasteiger partial charge is 0.326 e. The van der Waals surface area contributed by atoms with E-state index in [9.17, 15) is 4.39 Å². The van der Waals surface area contributed by atoms with Gasteiger partial charge in [0.1, 0.15) is 5.82 Å². The van der Waals surface area contributed by atoms with Gasteiger partial charge in [-0.1, -0.05) is 6.07 Å². The van der Waals surface area contributed by atoms with Crippen molar-refractivity contribution >= 4 is 15.9 Å². The Balaban J connectivity index is 2.02. The van der Waals surface area contributed by atoms with Crippen LogP contribution in [0, 0.1) is 5.82 Å². The SMILES string of the molecule is N[C@@H]1CCN(Cc2ccc(F)c(Br)c2)C1. The van der Waals surface area contributed by atoms with Gasteiger partial charge in [0.25, 0.3) is 0 Å². The van der Waals surface area contributed by atoms with E-state index in [1.165, 1.54) is 6.07 Å². The molecule has 0 unspecified atom stereocenters. The van der Waals surface area contributed by atoms with Gasteiger partial charge in [0.15, 0.2) is 0 Å². The second-order valence-corrected chi connectivity index (χ2v) is 4.89. The molecule has 0 aliphatic carbocycles. The van der Waals surface area contributed by atoms with Crippen LogP contribution in [-0.2, 0) is 6.54 Å². The Bertz CT molecular complexity index is 356. The molecule has 0 bridgehead atoms. The van der Waals surface area contributed by atoms with Crippen LogP contribution in [0.1, 0.15) is 12.0 Å². The van der Waals surface area contributed by atoms with E-state index in [0.717, 1.165) is 31.6 Å². The first-order valence-electron chi connectivity index (χ1n) is 5.07. The second-order valence-electron chi connectivity index (χ2n) is 4.03. The molecule has 1 atom stereocenters. The van der Waals surface area contributed by atoms with Crippen LogP contribution in [0.15, 0.2) is 22.7 Å². The number of nitrogens with two attached hydrogens (primary N) is 1. The van der Waals surface area contributed by atoms with E-state index in [2.05, 4.69) is 20.8 Å². The van der Waals surface area contributed by atoms with Gasteiger partial charge >= 0.3 is 0 Å². The Morgan fingerprint density at radius 3 is 2.93 bits per heavy atom. The third kappa shape index (κ3) is 2.77. The van der Waals surface area contributed by atoms with Crippen molar-refractivity contribution in [3.63, 3.8) is 0 Å². The first-order chi connectivity index (χ1) is 7.15. The van der Waals surface area contributed by atoms with Crippen molar-refractivity contribution in [1.82, 2.24) is 4.90 Å². The van der Waals surface area contributed by atoms with Crippen LogP contribution < -0.4 is 5.73 Å². The lowest BCUT2D eigenvalue weighted by molar-refractivity contribution is 0.326. The summed E-state index contributed by atoms with van der Waals surface area (Å²) in [5, 5.41) is 0. The molecule has 0 radical (unpaired) electrons. The van der Waals surface area contributed by atoms with E-state index in [0.29, 0.717) is 10.5 Å². The summed E-state index contributed by atoms with van der Waals surface area (Å²) in [5.41, 5.74) is 6.94. The number of hydrogen-bond donors (Lipinski definition) is 1. The second kappa shape index (κ2) is 4.60. The van der Waals surface area contributed by atoms with Gasteiger partial charge in [-0.15, -0.1) is 0 Å². The fourth-order valence-corrected chi connectivity index (χ4v) is 2.33. The van der Waals surface area contributed by atoms with Crippen LogP contribution in [0.5, 0.6) is 0 Å². The normalized spacial score (nSPS) is 22.2. The van der Waals surface area contributed by atoms with Crippen LogP contribution >= 0.6 is 15.9 Å². The molecule has 1 aromatic rings. The Kier molecular flexibility index (Phi) is 3.38. The summed E-state index contributed by atoms with van der Waals surface area (Å²) in [4.78, 5) is 2.30. The molecule has 15 heavy (non-hydrogen) atoms. The highest BCUT2D eigenvalue weighted by molar-refractivity contribution is 9.10. The average molecular weight is 273 g/mol. The lowest BCUT2D eigenvalue weighted by Crippen LogP contribution is -2.26. The summed E-state index contributed by atoms with van der Waals surface area (Å²) < 4.78 is 13.5. The number of benzene rings is 1. The van der Waals surface area contributed by atoms with E-state index in [1.807, 2.05) is 12.1 Å². The summed E-state index contributed by atoms with van der Waals surface area (Å²) in [6.07, 6.45) is 1.06. The molecule has 0 saturated carbocycles. The minimum absolute atomic E-state index is 0.211. The van der Waals surface area contributed by atoms with Crippen molar-refractivity contribution in [2.45, 2.75) is 19.0 Å². The van der Waals surface area contributed by atoms with Crippen LogP contribution in [-0.4, -0.2) is 24.0 Å². The number of hydrogen-bond acceptors (Lipinski definition) is 2. The first-order valence-corrected chi connectivity index (χ1v) is 5.86. The van der Waals surface area contributed by atoms with E-state index in [1.54, 1.807) is 0 Å². The molecule has 0 aromatic heterocycles. The number of likely N-dealkylation sites (tertiary alicyclic amines) is 1. The number of rotatable bonds is 2. The third-order valence-electron chi connectivity index (χ3n) is 2.70. The molecule has 1 fully saturated rings. The molecule has 2 nitrogen and oxygen atoms in total. The average Bonchev–Trinajstić information content (AvgIpc) is 2.58. The smallest absolute Gasteiger partial charge is 0.137 e. The van der Waals surface area contributed by atoms with Gasteiger partial charge in [0.05, 0.1) is 4.47 Å². The van der Waals surface area contributed by atoms with Crippen molar-refractivity contribution < 1.29 is 4.39 Å². The molecular weight excluding hydrogens is 259 g/mol. The fourth-order valence-electron chi connectivity index (χ4n) is 1.90. The van der Waals surface area contributed by atoms with Gasteiger partial charge in [-0.2, -0.15) is 0 Å². The molecule has 1 heterocycles. The third-order valence-corrected chi connectivity index (χ3v) is 3.31. The minimum Gasteiger partial charge on any atom is -0.326 e. The molecule has 1 aromatic carbocycles. The predicted octanol–water partition coefficient (Wildman–Crippen LogP) is 2.12. The highest BCUT2D eigenvalue weighted by Crippen LogP contribution is 2.19.